The van der Waals surface area contributed by atoms with Gasteiger partial charge in [0, 0.05) is 19.2 Å². The number of urea groups is 1. The van der Waals surface area contributed by atoms with Crippen molar-refractivity contribution in [2.45, 2.75) is 44.2 Å². The highest BCUT2D eigenvalue weighted by atomic mass is 19.1. The van der Waals surface area contributed by atoms with Crippen molar-refractivity contribution in [3.8, 4) is 0 Å². The number of aliphatic carboxylic acids is 3. The molecule has 14 nitrogen and oxygen atoms in total. The van der Waals surface area contributed by atoms with Crippen LogP contribution >= 0.6 is 0 Å². The standard InChI is InChI=1S/C25H29FN6O8/c26-17-7-4-15(5-8-17)13-29-32-20-10-6-16(14-28-20)22(35)27-12-2-1-3-18(23(36)37)30-25(40)31-19(24(38)39)9-11-21(33)34/h4-8,10,13-14,18-19H,1-3,9,11-12H2,(H,27,35)(H,28,32)(H,33,34)(H,36,37)(H,38,39)(H2,30,31,40). The molecule has 40 heavy (non-hydrogen) atoms. The summed E-state index contributed by atoms with van der Waals surface area (Å²) in [6.45, 7) is 0.218. The van der Waals surface area contributed by atoms with Crippen molar-refractivity contribution in [2.24, 2.45) is 5.10 Å². The molecular formula is C25H29FN6O8. The predicted octanol–water partition coefficient (Wildman–Crippen LogP) is 1.64. The van der Waals surface area contributed by atoms with Crippen LogP contribution in [0.3, 0.4) is 0 Å². The fourth-order valence-electron chi connectivity index (χ4n) is 3.23. The molecule has 0 aliphatic rings. The van der Waals surface area contributed by atoms with Gasteiger partial charge in [-0.1, -0.05) is 12.1 Å². The van der Waals surface area contributed by atoms with Gasteiger partial charge in [0.2, 0.25) is 0 Å². The molecule has 0 bridgehead atoms. The second-order valence-electron chi connectivity index (χ2n) is 8.44. The molecule has 214 valence electrons. The van der Waals surface area contributed by atoms with Crippen molar-refractivity contribution < 1.29 is 43.7 Å². The lowest BCUT2D eigenvalue weighted by Gasteiger charge is -2.18. The number of benzene rings is 1. The fourth-order valence-corrected chi connectivity index (χ4v) is 3.23. The summed E-state index contributed by atoms with van der Waals surface area (Å²) in [6.07, 6.45) is 2.67. The molecule has 1 aromatic carbocycles. The summed E-state index contributed by atoms with van der Waals surface area (Å²) in [5.74, 6) is -4.40. The number of hydrogen-bond acceptors (Lipinski definition) is 8. The van der Waals surface area contributed by atoms with Crippen molar-refractivity contribution in [3.05, 3.63) is 59.5 Å². The highest BCUT2D eigenvalue weighted by Gasteiger charge is 2.24. The van der Waals surface area contributed by atoms with Gasteiger partial charge in [-0.25, -0.2) is 23.8 Å². The number of nitrogens with zero attached hydrogens (tertiary/aromatic N) is 2. The van der Waals surface area contributed by atoms with E-state index >= 15 is 0 Å². The first-order valence-corrected chi connectivity index (χ1v) is 12.1. The number of carbonyl (C=O) groups is 5. The van der Waals surface area contributed by atoms with E-state index in [0.29, 0.717) is 24.2 Å². The molecule has 0 fully saturated rings. The molecule has 3 amide bonds. The zero-order valence-electron chi connectivity index (χ0n) is 21.2. The molecule has 2 unspecified atom stereocenters. The molecule has 0 saturated carbocycles. The number of hydrogen-bond donors (Lipinski definition) is 7. The van der Waals surface area contributed by atoms with E-state index in [-0.39, 0.29) is 30.8 Å². The summed E-state index contributed by atoms with van der Waals surface area (Å²) in [5, 5.41) is 38.0. The van der Waals surface area contributed by atoms with Crippen LogP contribution in [0.15, 0.2) is 47.7 Å². The Labute approximate surface area is 227 Å². The molecule has 1 aromatic heterocycles. The van der Waals surface area contributed by atoms with Crippen LogP contribution in [-0.4, -0.2) is 75.0 Å². The van der Waals surface area contributed by atoms with Gasteiger partial charge in [-0.05, 0) is 55.5 Å². The SMILES string of the molecule is O=C(O)CCC(NC(=O)NC(CCCCNC(=O)c1ccc(NN=Cc2ccc(F)cc2)nc1)C(=O)O)C(=O)O. The fraction of sp³-hybridized carbons (Fsp3) is 0.320. The number of nitrogens with one attached hydrogen (secondary N) is 4. The first kappa shape index (κ1) is 31.1. The Hall–Kier alpha value is -5.08. The molecule has 0 aliphatic heterocycles. The Morgan fingerprint density at radius 2 is 1.55 bits per heavy atom. The first-order chi connectivity index (χ1) is 19.0. The molecule has 15 heteroatoms. The van der Waals surface area contributed by atoms with E-state index in [1.807, 2.05) is 0 Å². The van der Waals surface area contributed by atoms with Crippen LogP contribution in [0.1, 0.15) is 48.0 Å². The van der Waals surface area contributed by atoms with E-state index in [1.165, 1.54) is 30.6 Å². The van der Waals surface area contributed by atoms with Gasteiger partial charge in [-0.2, -0.15) is 5.10 Å². The van der Waals surface area contributed by atoms with Crippen LogP contribution in [-0.2, 0) is 14.4 Å². The van der Waals surface area contributed by atoms with Crippen molar-refractivity contribution in [3.63, 3.8) is 0 Å². The normalized spacial score (nSPS) is 12.2. The molecule has 0 saturated heterocycles. The number of carbonyl (C=O) groups excluding carboxylic acids is 2. The highest BCUT2D eigenvalue weighted by Crippen LogP contribution is 2.07. The van der Waals surface area contributed by atoms with E-state index in [1.54, 1.807) is 18.2 Å². The van der Waals surface area contributed by atoms with Gasteiger partial charge in [0.05, 0.1) is 11.8 Å². The third-order valence-electron chi connectivity index (χ3n) is 5.35. The summed E-state index contributed by atoms with van der Waals surface area (Å²) in [5.41, 5.74) is 3.65. The second-order valence-corrected chi connectivity index (χ2v) is 8.44. The number of rotatable bonds is 16. The number of unbranched alkanes of at least 4 members (excludes halogenated alkanes) is 1. The molecule has 2 aromatic rings. The minimum Gasteiger partial charge on any atom is -0.481 e. The van der Waals surface area contributed by atoms with Gasteiger partial charge in [0.25, 0.3) is 5.91 Å². The van der Waals surface area contributed by atoms with Gasteiger partial charge >= 0.3 is 23.9 Å². The lowest BCUT2D eigenvalue weighted by Crippen LogP contribution is -2.51. The van der Waals surface area contributed by atoms with E-state index in [4.69, 9.17) is 10.2 Å². The summed E-state index contributed by atoms with van der Waals surface area (Å²) < 4.78 is 12.9. The number of pyridine rings is 1. The molecule has 0 spiro atoms. The Morgan fingerprint density at radius 3 is 2.12 bits per heavy atom. The van der Waals surface area contributed by atoms with E-state index in [0.717, 1.165) is 0 Å². The highest BCUT2D eigenvalue weighted by molar-refractivity contribution is 5.94. The van der Waals surface area contributed by atoms with Crippen molar-refractivity contribution in [1.29, 1.82) is 0 Å². The van der Waals surface area contributed by atoms with Crippen LogP contribution in [0.25, 0.3) is 0 Å². The van der Waals surface area contributed by atoms with Crippen molar-refractivity contribution in [2.75, 3.05) is 12.0 Å². The van der Waals surface area contributed by atoms with Crippen LogP contribution in [0, 0.1) is 5.82 Å². The molecule has 2 atom stereocenters. The molecule has 7 N–H and O–H groups in total. The third-order valence-corrected chi connectivity index (χ3v) is 5.35. The maximum absolute atomic E-state index is 12.9. The molecule has 2 rings (SSSR count). The Bertz CT molecular complexity index is 1210. The second kappa shape index (κ2) is 16.0. The lowest BCUT2D eigenvalue weighted by atomic mass is 10.1. The maximum atomic E-state index is 12.9. The summed E-state index contributed by atoms with van der Waals surface area (Å²) in [4.78, 5) is 61.7. The molecule has 0 aliphatic carbocycles. The van der Waals surface area contributed by atoms with Gasteiger partial charge in [0.1, 0.15) is 23.7 Å². The Balaban J connectivity index is 1.72. The minimum absolute atomic E-state index is 0.00580. The van der Waals surface area contributed by atoms with Crippen molar-refractivity contribution >= 4 is 41.9 Å². The van der Waals surface area contributed by atoms with E-state index in [9.17, 15) is 33.5 Å². The number of hydrazone groups is 1. The summed E-state index contributed by atoms with van der Waals surface area (Å²) >= 11 is 0. The van der Waals surface area contributed by atoms with Gasteiger partial charge in [-0.3, -0.25) is 15.0 Å². The van der Waals surface area contributed by atoms with Crippen LogP contribution in [0.2, 0.25) is 0 Å². The summed E-state index contributed by atoms with van der Waals surface area (Å²) in [6, 6.07) is 4.93. The molecule has 0 radical (unpaired) electrons. The van der Waals surface area contributed by atoms with Crippen molar-refractivity contribution in [1.82, 2.24) is 20.9 Å². The number of carboxylic acid groups (broad SMARTS) is 3. The van der Waals surface area contributed by atoms with Crippen LogP contribution < -0.4 is 21.4 Å². The van der Waals surface area contributed by atoms with Gasteiger partial charge < -0.3 is 31.3 Å². The summed E-state index contributed by atoms with van der Waals surface area (Å²) in [7, 11) is 0. The number of anilines is 1. The van der Waals surface area contributed by atoms with Crippen LogP contribution in [0.4, 0.5) is 15.0 Å². The zero-order chi connectivity index (χ0) is 29.5. The number of carboxylic acids is 3. The van der Waals surface area contributed by atoms with Gasteiger partial charge in [-0.15, -0.1) is 0 Å². The zero-order valence-corrected chi connectivity index (χ0v) is 21.2. The predicted molar refractivity (Wildman–Crippen MR) is 139 cm³/mol. The third kappa shape index (κ3) is 11.5. The first-order valence-electron chi connectivity index (χ1n) is 12.1. The monoisotopic (exact) mass is 560 g/mol. The Kier molecular flexibility index (Phi) is 12.5. The topological polar surface area (TPSA) is 219 Å². The minimum atomic E-state index is -1.49. The quantitative estimate of drug-likeness (QED) is 0.0893. The average molecular weight is 561 g/mol. The van der Waals surface area contributed by atoms with Gasteiger partial charge in [0.15, 0.2) is 0 Å². The van der Waals surface area contributed by atoms with Crippen LogP contribution in [0.5, 0.6) is 0 Å². The molecule has 1 heterocycles. The smallest absolute Gasteiger partial charge is 0.326 e. The van der Waals surface area contributed by atoms with E-state index in [2.05, 4.69) is 31.5 Å². The largest absolute Gasteiger partial charge is 0.481 e. The molecular weight excluding hydrogens is 531 g/mol. The maximum Gasteiger partial charge on any atom is 0.326 e. The lowest BCUT2D eigenvalue weighted by molar-refractivity contribution is -0.140. The Morgan fingerprint density at radius 1 is 0.900 bits per heavy atom. The van der Waals surface area contributed by atoms with E-state index < -0.39 is 48.4 Å². The average Bonchev–Trinajstić information content (AvgIpc) is 2.91. The number of amides is 3. The number of halogens is 1. The number of aromatic nitrogens is 1.